The first-order valence-electron chi connectivity index (χ1n) is 32.2. The van der Waals surface area contributed by atoms with Crippen molar-refractivity contribution in [2.24, 2.45) is 22.9 Å². The number of imide groups is 2. The Labute approximate surface area is 608 Å². The highest BCUT2D eigenvalue weighted by atomic mass is 16.6. The van der Waals surface area contributed by atoms with Crippen LogP contribution < -0.4 is 38.5 Å². The normalized spacial score (nSPS) is 10.5. The molecule has 0 atom stereocenters. The minimum absolute atomic E-state index is 0. The van der Waals surface area contributed by atoms with Gasteiger partial charge in [-0.1, -0.05) is 125 Å². The summed E-state index contributed by atoms with van der Waals surface area (Å²) in [6.07, 6.45) is -6.48. The molecule has 0 aliphatic heterocycles. The van der Waals surface area contributed by atoms with Gasteiger partial charge in [0.05, 0.1) is 27.7 Å². The molecule has 0 bridgehead atoms. The quantitative estimate of drug-likeness (QED) is 0.0491. The van der Waals surface area contributed by atoms with E-state index in [9.17, 15) is 63.4 Å². The zero-order chi connectivity index (χ0) is 79.1. The number of carbonyl (C=O) groups is 9. The highest BCUT2D eigenvalue weighted by Crippen LogP contribution is 2.38. The lowest BCUT2D eigenvalue weighted by Crippen LogP contribution is -2.46. The van der Waals surface area contributed by atoms with Gasteiger partial charge in [0.25, 0.3) is 17.7 Å². The molecule has 31 heteroatoms. The second-order valence-corrected chi connectivity index (χ2v) is 25.9. The van der Waals surface area contributed by atoms with Gasteiger partial charge in [0, 0.05) is 45.4 Å². The maximum absolute atomic E-state index is 13.3. The molecule has 584 valence electrons. The summed E-state index contributed by atoms with van der Waals surface area (Å²) in [6.45, 7) is 46.9. The summed E-state index contributed by atoms with van der Waals surface area (Å²) in [5.41, 5.74) is 22.3. The molecule has 3 heterocycles. The molecule has 103 heavy (non-hydrogen) atoms. The first kappa shape index (κ1) is 104. The molecule has 31 nitrogen and oxygen atoms in total. The number of nitrogens with zero attached hydrogens (tertiary/aromatic N) is 6. The van der Waals surface area contributed by atoms with Crippen molar-refractivity contribution in [2.75, 3.05) is 35.2 Å². The van der Waals surface area contributed by atoms with Gasteiger partial charge >= 0.3 is 36.6 Å². The molecular formula is C72H122N12O19. The van der Waals surface area contributed by atoms with Crippen LogP contribution >= 0.6 is 0 Å². The smallest absolute Gasteiger partial charge is 0.425 e. The Morgan fingerprint density at radius 3 is 0.845 bits per heavy atom. The van der Waals surface area contributed by atoms with Gasteiger partial charge in [0.15, 0.2) is 11.6 Å². The number of H-pyrrole nitrogens is 1. The molecule has 0 unspecified atom stereocenters. The molecule has 6 aromatic rings. The maximum Gasteiger partial charge on any atom is 0.425 e. The number of primary amides is 3. The predicted octanol–water partition coefficient (Wildman–Crippen LogP) is 16.8. The number of anilines is 3. The fourth-order valence-electron chi connectivity index (χ4n) is 7.50. The fourth-order valence-corrected chi connectivity index (χ4v) is 7.50. The Bertz CT molecular complexity index is 3460. The van der Waals surface area contributed by atoms with E-state index < -0.39 is 99.5 Å². The zero-order valence-electron chi connectivity index (χ0n) is 63.4. The SMILES string of the molecule is C.C.C.CC.CC.CC.CC(C)(C)OC(=O)N(C(=O)OC(C)(C)C)c1c(C(N)=O)c2ccccc2n1C(=O)OC(C)(C)C.CC(C)(C)OC(=O)N(C(=O)OC(C)(C)C)c1c(C(N)=O)c2ccccc2n1C(=O)OC(C)(C)C.CCN.CC[N+](=O)[O-].CC[N+](=O)[O-].NC(=O)c1c(N)[nH]c2ccccc12. The Morgan fingerprint density at radius 2 is 0.631 bits per heavy atom. The molecule has 3 aromatic heterocycles. The number of para-hydroxylation sites is 3. The number of nitrogens with one attached hydrogen (secondary N) is 1. The maximum atomic E-state index is 13.3. The molecule has 0 aliphatic rings. The van der Waals surface area contributed by atoms with E-state index >= 15 is 0 Å². The van der Waals surface area contributed by atoms with Gasteiger partial charge in [-0.15, -0.1) is 0 Å². The van der Waals surface area contributed by atoms with Gasteiger partial charge < -0.3 is 62.1 Å². The third-order valence-electron chi connectivity index (χ3n) is 10.6. The number of benzene rings is 3. The van der Waals surface area contributed by atoms with Crippen molar-refractivity contribution >= 4 is 104 Å². The van der Waals surface area contributed by atoms with E-state index in [4.69, 9.17) is 57.1 Å². The van der Waals surface area contributed by atoms with E-state index in [-0.39, 0.29) is 78.1 Å². The third-order valence-corrected chi connectivity index (χ3v) is 10.6. The highest BCUT2D eigenvalue weighted by Gasteiger charge is 2.43. The summed E-state index contributed by atoms with van der Waals surface area (Å²) in [7, 11) is 0. The summed E-state index contributed by atoms with van der Waals surface area (Å²) in [6, 6.07) is 20.0. The Morgan fingerprint density at radius 1 is 0.417 bits per heavy atom. The van der Waals surface area contributed by atoms with Gasteiger partial charge in [-0.25, -0.2) is 37.9 Å². The summed E-state index contributed by atoms with van der Waals surface area (Å²) in [4.78, 5) is 137. The molecule has 0 radical (unpaired) electrons. The lowest BCUT2D eigenvalue weighted by molar-refractivity contribution is -0.475. The third kappa shape index (κ3) is 35.2. The first-order chi connectivity index (χ1) is 45.8. The minimum atomic E-state index is -1.16. The van der Waals surface area contributed by atoms with Crippen LogP contribution in [-0.4, -0.2) is 131 Å². The standard InChI is InChI=1S/2C24H33N3O7.C9H9N3O.2C2H5NO2.C2H7N.3C2H6.3CH4/c2*1-22(2,3)32-19(29)26-15-13-11-10-12-14(15)16(17(25)28)18(26)27(20(30)33-23(4,5)6)21(31)34-24(7,8)9;10-8-7(9(11)13)5-3-1-2-4-6(5)12-8;2*1-2-3(4)5;1-2-3;3*1-2;;;/h2*10-13H,1-9H3,(H2,25,28);1-4,12H,10H2,(H2,11,13);2*2H2,1H3;2-3H2,1H3;3*1-2H3;3*1H4. The van der Waals surface area contributed by atoms with Crippen molar-refractivity contribution in [1.82, 2.24) is 14.1 Å². The predicted molar refractivity (Wildman–Crippen MR) is 409 cm³/mol. The zero-order valence-corrected chi connectivity index (χ0v) is 63.4. The number of ether oxygens (including phenoxy) is 6. The molecular weight excluding hydrogens is 1340 g/mol. The largest absolute Gasteiger partial charge is 0.443 e. The molecule has 3 aromatic carbocycles. The van der Waals surface area contributed by atoms with Gasteiger partial charge in [-0.2, -0.15) is 9.80 Å². The molecule has 0 spiro atoms. The summed E-state index contributed by atoms with van der Waals surface area (Å²) in [5, 5.41) is 19.6. The van der Waals surface area contributed by atoms with Gasteiger partial charge in [0.1, 0.15) is 39.4 Å². The average molecular weight is 1460 g/mol. The van der Waals surface area contributed by atoms with Crippen molar-refractivity contribution < 1.29 is 81.4 Å². The molecule has 6 rings (SSSR count). The molecule has 7 amide bonds. The second-order valence-electron chi connectivity index (χ2n) is 25.9. The van der Waals surface area contributed by atoms with E-state index in [0.717, 1.165) is 26.6 Å². The number of hydrogen-bond donors (Lipinski definition) is 6. The van der Waals surface area contributed by atoms with E-state index in [1.54, 1.807) is 161 Å². The average Bonchev–Trinajstić information content (AvgIpc) is 1.60. The van der Waals surface area contributed by atoms with Crippen molar-refractivity contribution in [3.8, 4) is 0 Å². The molecule has 11 N–H and O–H groups in total. The number of hydrogen-bond acceptors (Lipinski definition) is 21. The van der Waals surface area contributed by atoms with Crippen LogP contribution in [0.4, 0.5) is 46.2 Å². The molecule has 0 fully saturated rings. The van der Waals surface area contributed by atoms with Crippen LogP contribution in [0.1, 0.15) is 240 Å². The van der Waals surface area contributed by atoms with Crippen molar-refractivity contribution in [3.63, 3.8) is 0 Å². The number of aromatic nitrogens is 3. The van der Waals surface area contributed by atoms with Crippen LogP contribution in [0, 0.1) is 20.2 Å². The minimum Gasteiger partial charge on any atom is -0.443 e. The van der Waals surface area contributed by atoms with E-state index in [2.05, 4.69) is 4.98 Å². The number of nitrogen functional groups attached to an aromatic ring is 1. The van der Waals surface area contributed by atoms with Gasteiger partial charge in [0.2, 0.25) is 13.1 Å². The van der Waals surface area contributed by atoms with Crippen molar-refractivity contribution in [1.29, 1.82) is 0 Å². The van der Waals surface area contributed by atoms with E-state index in [1.165, 1.54) is 26.0 Å². The number of nitro groups is 2. The molecule has 0 saturated carbocycles. The topological polar surface area (TPSA) is 458 Å². The Hall–Kier alpha value is -10.3. The molecule has 0 saturated heterocycles. The van der Waals surface area contributed by atoms with Gasteiger partial charge in [-0.3, -0.25) is 34.6 Å². The van der Waals surface area contributed by atoms with Crippen LogP contribution in [0.25, 0.3) is 32.7 Å². The Balaban J connectivity index is -0.000000316. The fraction of sp³-hybridized carbons (Fsp3) is 0.542. The highest BCUT2D eigenvalue weighted by molar-refractivity contribution is 6.22. The van der Waals surface area contributed by atoms with Gasteiger partial charge in [-0.05, 0) is 149 Å². The summed E-state index contributed by atoms with van der Waals surface area (Å²) in [5.74, 6) is -2.96. The van der Waals surface area contributed by atoms with Crippen molar-refractivity contribution in [3.05, 3.63) is 110 Å². The summed E-state index contributed by atoms with van der Waals surface area (Å²) < 4.78 is 34.6. The van der Waals surface area contributed by atoms with E-state index in [1.807, 2.05) is 72.7 Å². The van der Waals surface area contributed by atoms with E-state index in [0.29, 0.717) is 21.2 Å². The lowest BCUT2D eigenvalue weighted by Gasteiger charge is -2.29. The van der Waals surface area contributed by atoms with Crippen LogP contribution in [0.5, 0.6) is 0 Å². The number of aromatic amines is 1. The summed E-state index contributed by atoms with van der Waals surface area (Å²) >= 11 is 0. The number of fused-ring (bicyclic) bond motifs is 3. The Kier molecular flexibility index (Phi) is 45.8. The monoisotopic (exact) mass is 1460 g/mol. The van der Waals surface area contributed by atoms with Crippen LogP contribution in [0.3, 0.4) is 0 Å². The van der Waals surface area contributed by atoms with Crippen molar-refractivity contribution in [2.45, 2.75) is 243 Å². The second kappa shape index (κ2) is 45.5. The molecule has 0 aliphatic carbocycles. The number of carbonyl (C=O) groups excluding carboxylic acids is 9. The van der Waals surface area contributed by atoms with Crippen LogP contribution in [0.15, 0.2) is 72.8 Å². The number of nitrogens with two attached hydrogens (primary N) is 5. The lowest BCUT2D eigenvalue weighted by atomic mass is 10.1. The first-order valence-corrected chi connectivity index (χ1v) is 32.2. The number of amides is 7. The number of rotatable bonds is 7. The van der Waals surface area contributed by atoms with Crippen LogP contribution in [-0.2, 0) is 28.4 Å². The van der Waals surface area contributed by atoms with Crippen LogP contribution in [0.2, 0.25) is 0 Å².